The van der Waals surface area contributed by atoms with Crippen LogP contribution in [0.5, 0.6) is 0 Å². The highest BCUT2D eigenvalue weighted by Gasteiger charge is 2.45. The second-order valence-electron chi connectivity index (χ2n) is 4.58. The van der Waals surface area contributed by atoms with Crippen molar-refractivity contribution >= 4 is 0 Å². The fourth-order valence-electron chi connectivity index (χ4n) is 3.75. The molecule has 3 aliphatic rings. The van der Waals surface area contributed by atoms with Crippen molar-refractivity contribution in [1.29, 1.82) is 0 Å². The molecule has 2 bridgehead atoms. The second-order valence-corrected chi connectivity index (χ2v) is 4.58. The van der Waals surface area contributed by atoms with E-state index in [0.717, 1.165) is 23.7 Å². The topological polar surface area (TPSA) is 0 Å². The summed E-state index contributed by atoms with van der Waals surface area (Å²) in [6.45, 7) is 0. The number of fused-ring (bicyclic) bond motifs is 5. The van der Waals surface area contributed by atoms with E-state index in [1.165, 1.54) is 25.7 Å². The monoisotopic (exact) mass is 148 g/mol. The standard InChI is InChI=1S/C11H16/c1-3-8-7-9(4-1)11-6-2-5-10(8)11/h1,3,8-11H,2,4-7H2. The normalized spacial score (nSPS) is 53.1. The molecule has 0 amide bonds. The summed E-state index contributed by atoms with van der Waals surface area (Å²) in [5, 5.41) is 0. The number of hydrogen-bond acceptors (Lipinski definition) is 0. The fourth-order valence-corrected chi connectivity index (χ4v) is 3.75. The van der Waals surface area contributed by atoms with E-state index in [0.29, 0.717) is 0 Å². The van der Waals surface area contributed by atoms with Gasteiger partial charge in [-0.15, -0.1) is 0 Å². The van der Waals surface area contributed by atoms with Crippen LogP contribution in [0.1, 0.15) is 32.1 Å². The minimum atomic E-state index is 1.00. The molecule has 3 aliphatic carbocycles. The van der Waals surface area contributed by atoms with Crippen LogP contribution in [0.25, 0.3) is 0 Å². The summed E-state index contributed by atoms with van der Waals surface area (Å²) in [4.78, 5) is 0. The Morgan fingerprint density at radius 3 is 3.00 bits per heavy atom. The van der Waals surface area contributed by atoms with Gasteiger partial charge in [0.25, 0.3) is 0 Å². The van der Waals surface area contributed by atoms with Crippen molar-refractivity contribution in [2.24, 2.45) is 23.7 Å². The highest BCUT2D eigenvalue weighted by atomic mass is 14.5. The van der Waals surface area contributed by atoms with E-state index in [9.17, 15) is 0 Å². The molecule has 3 rings (SSSR count). The molecule has 4 atom stereocenters. The highest BCUT2D eigenvalue weighted by Crippen LogP contribution is 2.54. The predicted molar refractivity (Wildman–Crippen MR) is 46.2 cm³/mol. The molecule has 0 spiro atoms. The van der Waals surface area contributed by atoms with E-state index >= 15 is 0 Å². The molecule has 0 saturated heterocycles. The fraction of sp³-hybridized carbons (Fsp3) is 0.818. The summed E-state index contributed by atoms with van der Waals surface area (Å²) < 4.78 is 0. The highest BCUT2D eigenvalue weighted by molar-refractivity contribution is 5.08. The number of rotatable bonds is 0. The first kappa shape index (κ1) is 6.28. The number of allylic oxidation sites excluding steroid dienone is 2. The van der Waals surface area contributed by atoms with Crippen molar-refractivity contribution in [3.8, 4) is 0 Å². The minimum absolute atomic E-state index is 1.00. The molecule has 0 aromatic carbocycles. The van der Waals surface area contributed by atoms with Gasteiger partial charge in [0.05, 0.1) is 0 Å². The largest absolute Gasteiger partial charge is 0.0880 e. The van der Waals surface area contributed by atoms with Crippen LogP contribution in [0, 0.1) is 23.7 Å². The number of hydrogen-bond donors (Lipinski definition) is 0. The van der Waals surface area contributed by atoms with Gasteiger partial charge in [0.1, 0.15) is 0 Å². The third-order valence-corrected chi connectivity index (χ3v) is 4.18. The summed E-state index contributed by atoms with van der Waals surface area (Å²) >= 11 is 0. The Bertz CT molecular complexity index is 192. The average Bonchev–Trinajstić information content (AvgIpc) is 2.58. The summed E-state index contributed by atoms with van der Waals surface area (Å²) in [5.74, 6) is 4.34. The van der Waals surface area contributed by atoms with Gasteiger partial charge in [0.15, 0.2) is 0 Å². The van der Waals surface area contributed by atoms with Gasteiger partial charge in [-0.2, -0.15) is 0 Å². The van der Waals surface area contributed by atoms with Crippen molar-refractivity contribution in [2.45, 2.75) is 32.1 Å². The van der Waals surface area contributed by atoms with Crippen LogP contribution in [0.15, 0.2) is 12.2 Å². The van der Waals surface area contributed by atoms with E-state index in [-0.39, 0.29) is 0 Å². The Morgan fingerprint density at radius 1 is 1.09 bits per heavy atom. The third-order valence-electron chi connectivity index (χ3n) is 4.18. The lowest BCUT2D eigenvalue weighted by molar-refractivity contribution is 0.354. The van der Waals surface area contributed by atoms with Gasteiger partial charge < -0.3 is 0 Å². The summed E-state index contributed by atoms with van der Waals surface area (Å²) in [6, 6.07) is 0. The molecule has 0 heterocycles. The molecule has 4 unspecified atom stereocenters. The first-order chi connectivity index (χ1) is 5.45. The van der Waals surface area contributed by atoms with Gasteiger partial charge in [0.2, 0.25) is 0 Å². The van der Waals surface area contributed by atoms with Crippen molar-refractivity contribution < 1.29 is 0 Å². The molecule has 0 radical (unpaired) electrons. The molecule has 0 heteroatoms. The van der Waals surface area contributed by atoms with Gasteiger partial charge >= 0.3 is 0 Å². The minimum Gasteiger partial charge on any atom is -0.0880 e. The molecule has 0 aromatic heterocycles. The molecule has 0 aliphatic heterocycles. The van der Waals surface area contributed by atoms with Gasteiger partial charge in [0, 0.05) is 0 Å². The van der Waals surface area contributed by atoms with Crippen LogP contribution in [-0.4, -0.2) is 0 Å². The van der Waals surface area contributed by atoms with E-state index in [4.69, 9.17) is 0 Å². The zero-order valence-corrected chi connectivity index (χ0v) is 7.00. The first-order valence-corrected chi connectivity index (χ1v) is 5.12. The van der Waals surface area contributed by atoms with E-state index in [1.807, 2.05) is 0 Å². The molecular formula is C11H16. The molecule has 0 aromatic rings. The van der Waals surface area contributed by atoms with E-state index < -0.39 is 0 Å². The quantitative estimate of drug-likeness (QED) is 0.463. The smallest absolute Gasteiger partial charge is 0.0200 e. The van der Waals surface area contributed by atoms with Crippen LogP contribution in [0.2, 0.25) is 0 Å². The Kier molecular flexibility index (Phi) is 1.21. The lowest BCUT2D eigenvalue weighted by Gasteiger charge is -2.15. The summed E-state index contributed by atoms with van der Waals surface area (Å²) in [6.07, 6.45) is 12.5. The van der Waals surface area contributed by atoms with Crippen LogP contribution < -0.4 is 0 Å². The molecular weight excluding hydrogens is 132 g/mol. The predicted octanol–water partition coefficient (Wildman–Crippen LogP) is 3.00. The zero-order valence-electron chi connectivity index (χ0n) is 7.00. The van der Waals surface area contributed by atoms with E-state index in [2.05, 4.69) is 12.2 Å². The van der Waals surface area contributed by atoms with Crippen molar-refractivity contribution in [1.82, 2.24) is 0 Å². The zero-order chi connectivity index (χ0) is 7.26. The van der Waals surface area contributed by atoms with Crippen molar-refractivity contribution in [2.75, 3.05) is 0 Å². The molecule has 0 N–H and O–H groups in total. The first-order valence-electron chi connectivity index (χ1n) is 5.12. The van der Waals surface area contributed by atoms with Crippen LogP contribution in [0.4, 0.5) is 0 Å². The summed E-state index contributed by atoms with van der Waals surface area (Å²) in [5.41, 5.74) is 0. The van der Waals surface area contributed by atoms with Crippen molar-refractivity contribution in [3.05, 3.63) is 12.2 Å². The van der Waals surface area contributed by atoms with Crippen LogP contribution in [-0.2, 0) is 0 Å². The maximum Gasteiger partial charge on any atom is -0.0200 e. The van der Waals surface area contributed by atoms with Gasteiger partial charge in [-0.1, -0.05) is 18.6 Å². The second kappa shape index (κ2) is 2.12. The molecule has 2 saturated carbocycles. The maximum atomic E-state index is 2.51. The van der Waals surface area contributed by atoms with Gasteiger partial charge in [-0.05, 0) is 49.4 Å². The molecule has 11 heavy (non-hydrogen) atoms. The van der Waals surface area contributed by atoms with Gasteiger partial charge in [-0.3, -0.25) is 0 Å². The average molecular weight is 148 g/mol. The van der Waals surface area contributed by atoms with Gasteiger partial charge in [-0.25, -0.2) is 0 Å². The Labute approximate surface area is 68.7 Å². The van der Waals surface area contributed by atoms with Crippen molar-refractivity contribution in [3.63, 3.8) is 0 Å². The molecule has 2 fully saturated rings. The lowest BCUT2D eigenvalue weighted by atomic mass is 9.90. The van der Waals surface area contributed by atoms with Crippen LogP contribution in [0.3, 0.4) is 0 Å². The SMILES string of the molecule is C1=CC2CC(C1)C1CCCC21. The molecule has 60 valence electrons. The Morgan fingerprint density at radius 2 is 2.00 bits per heavy atom. The third kappa shape index (κ3) is 0.758. The Balaban J connectivity index is 1.95. The van der Waals surface area contributed by atoms with Crippen LogP contribution >= 0.6 is 0 Å². The van der Waals surface area contributed by atoms with E-state index in [1.54, 1.807) is 6.42 Å². The molecule has 0 nitrogen and oxygen atoms in total. The Hall–Kier alpha value is -0.260. The summed E-state index contributed by atoms with van der Waals surface area (Å²) in [7, 11) is 0. The lowest BCUT2D eigenvalue weighted by Crippen LogP contribution is -2.07. The maximum absolute atomic E-state index is 2.51.